The van der Waals surface area contributed by atoms with Crippen molar-refractivity contribution in [3.8, 4) is 0 Å². The van der Waals surface area contributed by atoms with Crippen molar-refractivity contribution in [1.29, 1.82) is 0 Å². The van der Waals surface area contributed by atoms with Gasteiger partial charge in [0.1, 0.15) is 24.2 Å². The number of carbonyl (C=O) groups is 1. The molecule has 1 aromatic heterocycles. The lowest BCUT2D eigenvalue weighted by molar-refractivity contribution is 0.0694. The molecule has 0 unspecified atom stereocenters. The smallest absolute Gasteiger partial charge is 0.341 e. The van der Waals surface area contributed by atoms with Gasteiger partial charge in [0, 0.05) is 0 Å². The summed E-state index contributed by atoms with van der Waals surface area (Å²) >= 11 is 0. The molecule has 54 valence electrons. The second-order valence-corrected chi connectivity index (χ2v) is 1.61. The summed E-state index contributed by atoms with van der Waals surface area (Å²) in [4.78, 5) is 10.2. The molecular formula is C5H4FNO3. The van der Waals surface area contributed by atoms with E-state index in [1.807, 2.05) is 0 Å². The summed E-state index contributed by atoms with van der Waals surface area (Å²) in [6.45, 7) is -0.919. The molecule has 0 aromatic carbocycles. The Morgan fingerprint density at radius 2 is 2.60 bits per heavy atom. The first-order valence-corrected chi connectivity index (χ1v) is 2.48. The number of nitrogens with zero attached hydrogens (tertiary/aromatic N) is 1. The highest BCUT2D eigenvalue weighted by Crippen LogP contribution is 2.06. The van der Waals surface area contributed by atoms with Crippen LogP contribution in [0.2, 0.25) is 0 Å². The lowest BCUT2D eigenvalue weighted by atomic mass is 10.3. The Hall–Kier alpha value is -1.39. The second kappa shape index (κ2) is 2.47. The molecule has 10 heavy (non-hydrogen) atoms. The van der Waals surface area contributed by atoms with Crippen molar-refractivity contribution in [2.45, 2.75) is 6.67 Å². The van der Waals surface area contributed by atoms with E-state index in [4.69, 9.17) is 5.11 Å². The zero-order chi connectivity index (χ0) is 7.56. The zero-order valence-corrected chi connectivity index (χ0v) is 4.87. The van der Waals surface area contributed by atoms with E-state index in [-0.39, 0.29) is 11.3 Å². The van der Waals surface area contributed by atoms with Crippen LogP contribution >= 0.6 is 0 Å². The fourth-order valence-electron chi connectivity index (χ4n) is 0.530. The van der Waals surface area contributed by atoms with Gasteiger partial charge in [-0.1, -0.05) is 5.16 Å². The summed E-state index contributed by atoms with van der Waals surface area (Å²) in [5.74, 6) is -1.23. The number of alkyl halides is 1. The normalized spacial score (nSPS) is 9.70. The number of aromatic carboxylic acids is 1. The molecule has 0 radical (unpaired) electrons. The van der Waals surface area contributed by atoms with Crippen molar-refractivity contribution in [3.63, 3.8) is 0 Å². The third-order valence-corrected chi connectivity index (χ3v) is 1.00. The van der Waals surface area contributed by atoms with Crippen LogP contribution in [0.5, 0.6) is 0 Å². The second-order valence-electron chi connectivity index (χ2n) is 1.61. The Balaban J connectivity index is 3.01. The fourth-order valence-corrected chi connectivity index (χ4v) is 0.530. The van der Waals surface area contributed by atoms with Crippen molar-refractivity contribution in [3.05, 3.63) is 17.5 Å². The number of halogens is 1. The molecular weight excluding hydrogens is 141 g/mol. The minimum atomic E-state index is -1.23. The molecule has 0 amide bonds. The molecule has 0 aliphatic carbocycles. The fraction of sp³-hybridized carbons (Fsp3) is 0.200. The van der Waals surface area contributed by atoms with Crippen molar-refractivity contribution in [2.75, 3.05) is 0 Å². The van der Waals surface area contributed by atoms with Gasteiger partial charge in [-0.05, 0) is 0 Å². The summed E-state index contributed by atoms with van der Waals surface area (Å²) < 4.78 is 16.0. The van der Waals surface area contributed by atoms with Crippen molar-refractivity contribution < 1.29 is 18.8 Å². The SMILES string of the molecule is O=C(O)c1conc1CF. The van der Waals surface area contributed by atoms with Gasteiger partial charge in [-0.15, -0.1) is 0 Å². The van der Waals surface area contributed by atoms with Crippen molar-refractivity contribution in [1.82, 2.24) is 5.16 Å². The van der Waals surface area contributed by atoms with Crippen molar-refractivity contribution >= 4 is 5.97 Å². The topological polar surface area (TPSA) is 63.3 Å². The van der Waals surface area contributed by atoms with Crippen LogP contribution in [0.25, 0.3) is 0 Å². The minimum Gasteiger partial charge on any atom is -0.478 e. The third kappa shape index (κ3) is 0.975. The van der Waals surface area contributed by atoms with Crippen LogP contribution < -0.4 is 0 Å². The number of carboxylic acid groups (broad SMARTS) is 1. The number of carboxylic acids is 1. The largest absolute Gasteiger partial charge is 0.478 e. The average Bonchev–Trinajstić information content (AvgIpc) is 2.33. The highest BCUT2D eigenvalue weighted by atomic mass is 19.1. The molecule has 4 nitrogen and oxygen atoms in total. The number of aromatic nitrogens is 1. The summed E-state index contributed by atoms with van der Waals surface area (Å²) in [5.41, 5.74) is -0.394. The lowest BCUT2D eigenvalue weighted by Crippen LogP contribution is -1.97. The first-order chi connectivity index (χ1) is 4.75. The van der Waals surface area contributed by atoms with Gasteiger partial charge in [-0.25, -0.2) is 9.18 Å². The number of hydrogen-bond acceptors (Lipinski definition) is 3. The highest BCUT2D eigenvalue weighted by Gasteiger charge is 2.13. The Morgan fingerprint density at radius 1 is 1.90 bits per heavy atom. The minimum absolute atomic E-state index is 0.174. The maximum Gasteiger partial charge on any atom is 0.341 e. The third-order valence-electron chi connectivity index (χ3n) is 1.00. The Bertz CT molecular complexity index is 245. The summed E-state index contributed by atoms with van der Waals surface area (Å²) in [7, 11) is 0. The van der Waals surface area contributed by atoms with Gasteiger partial charge in [-0.3, -0.25) is 0 Å². The van der Waals surface area contributed by atoms with Gasteiger partial charge < -0.3 is 9.63 Å². The van der Waals surface area contributed by atoms with Crippen LogP contribution in [0, 0.1) is 0 Å². The van der Waals surface area contributed by atoms with Crippen LogP contribution in [0.15, 0.2) is 10.8 Å². The van der Waals surface area contributed by atoms with Crippen LogP contribution in [-0.4, -0.2) is 16.2 Å². The van der Waals surface area contributed by atoms with Crippen LogP contribution in [-0.2, 0) is 6.67 Å². The standard InChI is InChI=1S/C5H4FNO3/c6-1-4-3(5(8)9)2-10-7-4/h2H,1H2,(H,8,9). The van der Waals surface area contributed by atoms with Gasteiger partial charge in [0.25, 0.3) is 0 Å². The summed E-state index contributed by atoms with van der Waals surface area (Å²) in [6.07, 6.45) is 0.900. The maximum atomic E-state index is 11.8. The van der Waals surface area contributed by atoms with E-state index in [1.54, 1.807) is 0 Å². The average molecular weight is 145 g/mol. The van der Waals surface area contributed by atoms with Crippen LogP contribution in [0.4, 0.5) is 4.39 Å². The lowest BCUT2D eigenvalue weighted by Gasteiger charge is -1.85. The molecule has 0 aliphatic rings. The molecule has 0 saturated heterocycles. The first kappa shape index (κ1) is 6.73. The Labute approximate surface area is 55.2 Å². The molecule has 1 aromatic rings. The van der Waals surface area contributed by atoms with E-state index >= 15 is 0 Å². The molecule has 1 heterocycles. The predicted octanol–water partition coefficient (Wildman–Crippen LogP) is 0.842. The van der Waals surface area contributed by atoms with E-state index in [1.165, 1.54) is 0 Å². The zero-order valence-electron chi connectivity index (χ0n) is 4.87. The van der Waals surface area contributed by atoms with Crippen LogP contribution in [0.1, 0.15) is 16.1 Å². The molecule has 0 atom stereocenters. The molecule has 0 aliphatic heterocycles. The number of hydrogen-bond donors (Lipinski definition) is 1. The molecule has 0 saturated carbocycles. The van der Waals surface area contributed by atoms with Gasteiger partial charge in [0.15, 0.2) is 0 Å². The number of rotatable bonds is 2. The monoisotopic (exact) mass is 145 g/mol. The molecule has 0 spiro atoms. The van der Waals surface area contributed by atoms with E-state index in [9.17, 15) is 9.18 Å². The van der Waals surface area contributed by atoms with Gasteiger partial charge in [0.05, 0.1) is 0 Å². The maximum absolute atomic E-state index is 11.8. The molecule has 0 bridgehead atoms. The predicted molar refractivity (Wildman–Crippen MR) is 28.3 cm³/mol. The Kier molecular flexibility index (Phi) is 1.66. The van der Waals surface area contributed by atoms with Gasteiger partial charge in [0.2, 0.25) is 0 Å². The molecule has 1 rings (SSSR count). The highest BCUT2D eigenvalue weighted by molar-refractivity contribution is 5.88. The van der Waals surface area contributed by atoms with Gasteiger partial charge in [-0.2, -0.15) is 0 Å². The van der Waals surface area contributed by atoms with Crippen LogP contribution in [0.3, 0.4) is 0 Å². The quantitative estimate of drug-likeness (QED) is 0.669. The molecule has 1 N–H and O–H groups in total. The van der Waals surface area contributed by atoms with E-state index in [2.05, 4.69) is 9.68 Å². The first-order valence-electron chi connectivity index (χ1n) is 2.48. The molecule has 0 fully saturated rings. The van der Waals surface area contributed by atoms with E-state index < -0.39 is 12.6 Å². The summed E-state index contributed by atoms with van der Waals surface area (Å²) in [5, 5.41) is 11.4. The van der Waals surface area contributed by atoms with E-state index in [0.29, 0.717) is 0 Å². The van der Waals surface area contributed by atoms with E-state index in [0.717, 1.165) is 6.26 Å². The van der Waals surface area contributed by atoms with Gasteiger partial charge >= 0.3 is 5.97 Å². The molecule has 5 heteroatoms. The van der Waals surface area contributed by atoms with Crippen molar-refractivity contribution in [2.24, 2.45) is 0 Å². The Morgan fingerprint density at radius 3 is 3.00 bits per heavy atom. The summed E-state index contributed by atoms with van der Waals surface area (Å²) in [6, 6.07) is 0.